The Kier molecular flexibility index (Phi) is 5.24. The lowest BCUT2D eigenvalue weighted by Gasteiger charge is -2.39. The van der Waals surface area contributed by atoms with Crippen molar-refractivity contribution < 1.29 is 9.53 Å². The molecule has 0 radical (unpaired) electrons. The molecule has 0 saturated carbocycles. The summed E-state index contributed by atoms with van der Waals surface area (Å²) >= 11 is 1.22. The Morgan fingerprint density at radius 1 is 1.24 bits per heavy atom. The zero-order valence-corrected chi connectivity index (χ0v) is 15.1. The first kappa shape index (κ1) is 16.9. The molecule has 2 aliphatic rings. The molecule has 25 heavy (non-hydrogen) atoms. The fourth-order valence-electron chi connectivity index (χ4n) is 3.87. The number of amides is 1. The molecule has 3 heterocycles. The number of hydrogen-bond acceptors (Lipinski definition) is 6. The maximum Gasteiger partial charge on any atom is 0.224 e. The van der Waals surface area contributed by atoms with Crippen molar-refractivity contribution in [3.63, 3.8) is 0 Å². The summed E-state index contributed by atoms with van der Waals surface area (Å²) < 4.78 is 13.9. The average Bonchev–Trinajstić information content (AvgIpc) is 3.15. The van der Waals surface area contributed by atoms with Gasteiger partial charge in [0.25, 0.3) is 0 Å². The molecule has 2 aliphatic heterocycles. The molecule has 4 rings (SSSR count). The molecule has 2 fully saturated rings. The molecule has 1 atom stereocenters. The minimum absolute atomic E-state index is 0.0984. The van der Waals surface area contributed by atoms with Crippen LogP contribution in [0.4, 0.5) is 0 Å². The van der Waals surface area contributed by atoms with Gasteiger partial charge in [-0.05, 0) is 49.9 Å². The van der Waals surface area contributed by atoms with Crippen LogP contribution in [0.3, 0.4) is 0 Å². The number of fused-ring (bicyclic) bond motifs is 1. The van der Waals surface area contributed by atoms with Gasteiger partial charge in [0.2, 0.25) is 5.91 Å². The average molecular weight is 360 g/mol. The molecule has 1 aromatic carbocycles. The highest BCUT2D eigenvalue weighted by atomic mass is 32.1. The van der Waals surface area contributed by atoms with Crippen molar-refractivity contribution in [2.45, 2.75) is 38.3 Å². The smallest absolute Gasteiger partial charge is 0.224 e. The van der Waals surface area contributed by atoms with E-state index < -0.39 is 0 Å². The normalized spacial score (nSPS) is 23.0. The molecule has 2 saturated heterocycles. The van der Waals surface area contributed by atoms with Crippen molar-refractivity contribution in [3.8, 4) is 0 Å². The van der Waals surface area contributed by atoms with E-state index >= 15 is 0 Å². The molecule has 134 valence electrons. The number of piperidine rings is 1. The first-order chi connectivity index (χ1) is 12.3. The number of aromatic nitrogens is 2. The van der Waals surface area contributed by atoms with Gasteiger partial charge in [-0.3, -0.25) is 9.69 Å². The summed E-state index contributed by atoms with van der Waals surface area (Å²) in [6.07, 6.45) is 4.28. The van der Waals surface area contributed by atoms with Crippen LogP contribution in [0, 0.1) is 5.92 Å². The van der Waals surface area contributed by atoms with Crippen molar-refractivity contribution >= 4 is 28.7 Å². The number of ether oxygens (including phenoxy) is 1. The van der Waals surface area contributed by atoms with Crippen LogP contribution < -0.4 is 5.32 Å². The fraction of sp³-hybridized carbons (Fsp3) is 0.611. The van der Waals surface area contributed by atoms with Gasteiger partial charge in [0, 0.05) is 32.3 Å². The van der Waals surface area contributed by atoms with E-state index in [0.29, 0.717) is 12.6 Å². The molecule has 1 N–H and O–H groups in total. The molecule has 0 spiro atoms. The topological polar surface area (TPSA) is 67.4 Å². The molecule has 7 heteroatoms. The minimum Gasteiger partial charge on any atom is -0.381 e. The largest absolute Gasteiger partial charge is 0.381 e. The third kappa shape index (κ3) is 3.99. The van der Waals surface area contributed by atoms with Crippen molar-refractivity contribution in [1.82, 2.24) is 19.0 Å². The number of benzene rings is 1. The van der Waals surface area contributed by atoms with Crippen molar-refractivity contribution in [3.05, 3.63) is 23.8 Å². The first-order valence-electron chi connectivity index (χ1n) is 9.10. The molecular weight excluding hydrogens is 336 g/mol. The van der Waals surface area contributed by atoms with E-state index in [1.807, 2.05) is 18.2 Å². The van der Waals surface area contributed by atoms with Gasteiger partial charge in [-0.2, -0.15) is 8.75 Å². The number of hydrogen-bond donors (Lipinski definition) is 1. The molecule has 2 aromatic rings. The lowest BCUT2D eigenvalue weighted by atomic mass is 9.94. The zero-order chi connectivity index (χ0) is 17.1. The van der Waals surface area contributed by atoms with Crippen LogP contribution in [0.1, 0.15) is 31.2 Å². The summed E-state index contributed by atoms with van der Waals surface area (Å²) in [5.41, 5.74) is 2.89. The quantitative estimate of drug-likeness (QED) is 0.905. The molecule has 6 nitrogen and oxygen atoms in total. The predicted octanol–water partition coefficient (Wildman–Crippen LogP) is 2.20. The monoisotopic (exact) mass is 360 g/mol. The van der Waals surface area contributed by atoms with Crippen LogP contribution in [0.2, 0.25) is 0 Å². The van der Waals surface area contributed by atoms with Gasteiger partial charge in [-0.25, -0.2) is 0 Å². The standard InChI is InChI=1S/C18H24N4O2S/c23-18(19-11-13-3-4-16-17(10-13)21-25-20-16)14-2-1-7-22(12-14)15-5-8-24-9-6-15/h3-4,10,14-15H,1-2,5-9,11-12H2,(H,19,23). The second kappa shape index (κ2) is 7.76. The van der Waals surface area contributed by atoms with Gasteiger partial charge in [0.1, 0.15) is 11.0 Å². The summed E-state index contributed by atoms with van der Waals surface area (Å²) in [5, 5.41) is 3.11. The molecular formula is C18H24N4O2S. The number of nitrogens with one attached hydrogen (secondary N) is 1. The fourth-order valence-corrected chi connectivity index (χ4v) is 4.39. The van der Waals surface area contributed by atoms with E-state index in [4.69, 9.17) is 4.74 Å². The number of likely N-dealkylation sites (tertiary alicyclic amines) is 1. The van der Waals surface area contributed by atoms with Crippen LogP contribution in [0.25, 0.3) is 11.0 Å². The summed E-state index contributed by atoms with van der Waals surface area (Å²) in [4.78, 5) is 15.1. The van der Waals surface area contributed by atoms with Crippen LogP contribution in [0.5, 0.6) is 0 Å². The Hall–Kier alpha value is -1.57. The van der Waals surface area contributed by atoms with Crippen LogP contribution in [-0.2, 0) is 16.1 Å². The van der Waals surface area contributed by atoms with Gasteiger partial charge in [0.15, 0.2) is 0 Å². The Balaban J connectivity index is 1.32. The Morgan fingerprint density at radius 2 is 2.08 bits per heavy atom. The van der Waals surface area contributed by atoms with Gasteiger partial charge in [-0.1, -0.05) is 6.07 Å². The van der Waals surface area contributed by atoms with Gasteiger partial charge in [-0.15, -0.1) is 0 Å². The molecule has 1 amide bonds. The van der Waals surface area contributed by atoms with Crippen LogP contribution in [-0.4, -0.2) is 51.9 Å². The first-order valence-corrected chi connectivity index (χ1v) is 9.83. The number of carbonyl (C=O) groups excluding carboxylic acids is 1. The number of rotatable bonds is 4. The molecule has 0 aliphatic carbocycles. The third-order valence-corrected chi connectivity index (χ3v) is 5.87. The highest BCUT2D eigenvalue weighted by Crippen LogP contribution is 2.23. The molecule has 1 unspecified atom stereocenters. The second-order valence-electron chi connectivity index (χ2n) is 6.98. The van der Waals surface area contributed by atoms with Crippen molar-refractivity contribution in [1.29, 1.82) is 0 Å². The van der Waals surface area contributed by atoms with E-state index in [9.17, 15) is 4.79 Å². The second-order valence-corrected chi connectivity index (χ2v) is 7.51. The van der Waals surface area contributed by atoms with Gasteiger partial charge in [0.05, 0.1) is 17.6 Å². The SMILES string of the molecule is O=C(NCc1ccc2nsnc2c1)C1CCCN(C2CCOCC2)C1. The van der Waals surface area contributed by atoms with Crippen molar-refractivity contribution in [2.75, 3.05) is 26.3 Å². The summed E-state index contributed by atoms with van der Waals surface area (Å²) in [6.45, 7) is 4.26. The van der Waals surface area contributed by atoms with Crippen LogP contribution >= 0.6 is 11.7 Å². The minimum atomic E-state index is 0.0984. The predicted molar refractivity (Wildman–Crippen MR) is 97.4 cm³/mol. The Morgan fingerprint density at radius 3 is 2.96 bits per heavy atom. The van der Waals surface area contributed by atoms with E-state index in [1.165, 1.54) is 11.7 Å². The summed E-state index contributed by atoms with van der Waals surface area (Å²) in [7, 11) is 0. The molecule has 0 bridgehead atoms. The summed E-state index contributed by atoms with van der Waals surface area (Å²) in [5.74, 6) is 0.273. The maximum absolute atomic E-state index is 12.6. The number of carbonyl (C=O) groups is 1. The Bertz CT molecular complexity index is 729. The van der Waals surface area contributed by atoms with Gasteiger partial charge < -0.3 is 10.1 Å². The maximum atomic E-state index is 12.6. The zero-order valence-electron chi connectivity index (χ0n) is 14.3. The van der Waals surface area contributed by atoms with Crippen molar-refractivity contribution in [2.24, 2.45) is 5.92 Å². The highest BCUT2D eigenvalue weighted by molar-refractivity contribution is 7.00. The van der Waals surface area contributed by atoms with Crippen LogP contribution in [0.15, 0.2) is 18.2 Å². The molecule has 1 aromatic heterocycles. The Labute approximate surface area is 151 Å². The van der Waals surface area contributed by atoms with Gasteiger partial charge >= 0.3 is 0 Å². The highest BCUT2D eigenvalue weighted by Gasteiger charge is 2.30. The lowest BCUT2D eigenvalue weighted by molar-refractivity contribution is -0.127. The van der Waals surface area contributed by atoms with E-state index in [0.717, 1.165) is 68.6 Å². The summed E-state index contributed by atoms with van der Waals surface area (Å²) in [6, 6.07) is 6.57. The van der Waals surface area contributed by atoms with E-state index in [1.54, 1.807) is 0 Å². The third-order valence-electron chi connectivity index (χ3n) is 5.32. The van der Waals surface area contributed by atoms with E-state index in [-0.39, 0.29) is 11.8 Å². The lowest BCUT2D eigenvalue weighted by Crippen LogP contribution is -2.48. The van der Waals surface area contributed by atoms with E-state index in [2.05, 4.69) is 19.0 Å². The number of nitrogens with zero attached hydrogens (tertiary/aromatic N) is 3.